The molecule has 0 saturated carbocycles. The largest absolute Gasteiger partial charge is 0.327 e. The van der Waals surface area contributed by atoms with E-state index in [0.717, 1.165) is 33.7 Å². The number of rotatable bonds is 2. The molecular formula is C15H16N4. The van der Waals surface area contributed by atoms with Crippen molar-refractivity contribution in [3.05, 3.63) is 47.8 Å². The van der Waals surface area contributed by atoms with E-state index in [4.69, 9.17) is 10.7 Å². The number of para-hydroxylation sites is 1. The van der Waals surface area contributed by atoms with E-state index in [2.05, 4.69) is 15.6 Å². The Morgan fingerprint density at radius 2 is 2.05 bits per heavy atom. The summed E-state index contributed by atoms with van der Waals surface area (Å²) < 4.78 is 2.08. The van der Waals surface area contributed by atoms with Crippen LogP contribution in [0.25, 0.3) is 22.4 Å². The molecule has 0 atom stereocenters. The van der Waals surface area contributed by atoms with Crippen molar-refractivity contribution in [1.29, 1.82) is 0 Å². The topological polar surface area (TPSA) is 56.7 Å². The second kappa shape index (κ2) is 4.48. The number of benzene rings is 1. The second-order valence-corrected chi connectivity index (χ2v) is 4.67. The molecule has 19 heavy (non-hydrogen) atoms. The zero-order valence-electron chi connectivity index (χ0n) is 11.1. The number of fused-ring (bicyclic) bond motifs is 1. The van der Waals surface area contributed by atoms with Gasteiger partial charge in [-0.15, -0.1) is 0 Å². The van der Waals surface area contributed by atoms with Crippen LogP contribution >= 0.6 is 0 Å². The van der Waals surface area contributed by atoms with Gasteiger partial charge in [0.05, 0.1) is 11.0 Å². The van der Waals surface area contributed by atoms with E-state index in [1.54, 1.807) is 0 Å². The first-order chi connectivity index (χ1) is 9.20. The molecule has 0 aliphatic carbocycles. The number of hydrogen-bond acceptors (Lipinski definition) is 3. The second-order valence-electron chi connectivity index (χ2n) is 4.67. The molecule has 0 bridgehead atoms. The molecule has 0 radical (unpaired) electrons. The smallest absolute Gasteiger partial charge is 0.142 e. The minimum absolute atomic E-state index is 0.500. The highest BCUT2D eigenvalue weighted by Crippen LogP contribution is 2.25. The lowest BCUT2D eigenvalue weighted by Gasteiger charge is -2.02. The van der Waals surface area contributed by atoms with Gasteiger partial charge < -0.3 is 10.3 Å². The summed E-state index contributed by atoms with van der Waals surface area (Å²) in [4.78, 5) is 9.06. The third-order valence-corrected chi connectivity index (χ3v) is 3.38. The molecule has 2 aromatic heterocycles. The third-order valence-electron chi connectivity index (χ3n) is 3.38. The normalized spacial score (nSPS) is 11.1. The molecule has 0 amide bonds. The van der Waals surface area contributed by atoms with Crippen molar-refractivity contribution in [3.63, 3.8) is 0 Å². The fourth-order valence-corrected chi connectivity index (χ4v) is 2.30. The van der Waals surface area contributed by atoms with Gasteiger partial charge in [-0.05, 0) is 30.7 Å². The molecule has 0 unspecified atom stereocenters. The van der Waals surface area contributed by atoms with Crippen LogP contribution in [0.2, 0.25) is 0 Å². The van der Waals surface area contributed by atoms with Crippen LogP contribution in [0.15, 0.2) is 36.5 Å². The molecule has 2 heterocycles. The summed E-state index contributed by atoms with van der Waals surface area (Å²) in [5.41, 5.74) is 10.9. The van der Waals surface area contributed by atoms with Crippen molar-refractivity contribution in [1.82, 2.24) is 14.5 Å². The first-order valence-electron chi connectivity index (χ1n) is 6.28. The van der Waals surface area contributed by atoms with E-state index >= 15 is 0 Å². The molecule has 3 aromatic rings. The standard InChI is InChI=1S/C15H16N4/c1-10-6-7-12(9-17-10)15-18-14-11(8-16)4-3-5-13(14)19(15)2/h3-7,9H,8,16H2,1-2H3. The Bertz CT molecular complexity index is 726. The maximum Gasteiger partial charge on any atom is 0.142 e. The summed E-state index contributed by atoms with van der Waals surface area (Å²) in [5, 5.41) is 0. The van der Waals surface area contributed by atoms with E-state index in [1.807, 2.05) is 44.4 Å². The van der Waals surface area contributed by atoms with E-state index in [9.17, 15) is 0 Å². The molecule has 96 valence electrons. The van der Waals surface area contributed by atoms with Gasteiger partial charge in [-0.2, -0.15) is 0 Å². The molecule has 0 spiro atoms. The van der Waals surface area contributed by atoms with Crippen molar-refractivity contribution in [3.8, 4) is 11.4 Å². The van der Waals surface area contributed by atoms with Crippen LogP contribution in [0.1, 0.15) is 11.3 Å². The van der Waals surface area contributed by atoms with E-state index in [1.165, 1.54) is 0 Å². The van der Waals surface area contributed by atoms with Crippen LogP contribution in [0.5, 0.6) is 0 Å². The number of nitrogens with two attached hydrogens (primary N) is 1. The van der Waals surface area contributed by atoms with Crippen molar-refractivity contribution in [2.45, 2.75) is 13.5 Å². The average Bonchev–Trinajstić information content (AvgIpc) is 2.77. The van der Waals surface area contributed by atoms with E-state index in [-0.39, 0.29) is 0 Å². The highest BCUT2D eigenvalue weighted by atomic mass is 15.1. The van der Waals surface area contributed by atoms with Crippen LogP contribution in [-0.2, 0) is 13.6 Å². The summed E-state index contributed by atoms with van der Waals surface area (Å²) >= 11 is 0. The van der Waals surface area contributed by atoms with Gasteiger partial charge in [-0.3, -0.25) is 4.98 Å². The van der Waals surface area contributed by atoms with Crippen molar-refractivity contribution in [2.75, 3.05) is 0 Å². The lowest BCUT2D eigenvalue weighted by Crippen LogP contribution is -1.97. The minimum Gasteiger partial charge on any atom is -0.327 e. The summed E-state index contributed by atoms with van der Waals surface area (Å²) in [7, 11) is 2.02. The Hall–Kier alpha value is -2.20. The summed E-state index contributed by atoms with van der Waals surface area (Å²) in [6.07, 6.45) is 1.86. The van der Waals surface area contributed by atoms with Crippen LogP contribution in [0.4, 0.5) is 0 Å². The summed E-state index contributed by atoms with van der Waals surface area (Å²) in [6.45, 7) is 2.48. The zero-order valence-corrected chi connectivity index (χ0v) is 11.1. The van der Waals surface area contributed by atoms with Crippen molar-refractivity contribution >= 4 is 11.0 Å². The molecule has 4 heteroatoms. The Kier molecular flexibility index (Phi) is 2.80. The predicted octanol–water partition coefficient (Wildman–Crippen LogP) is 2.40. The maximum atomic E-state index is 5.77. The molecular weight excluding hydrogens is 236 g/mol. The van der Waals surface area contributed by atoms with Gasteiger partial charge in [0.15, 0.2) is 0 Å². The Morgan fingerprint density at radius 3 is 2.74 bits per heavy atom. The number of pyridine rings is 1. The fraction of sp³-hybridized carbons (Fsp3) is 0.200. The van der Waals surface area contributed by atoms with Crippen LogP contribution in [-0.4, -0.2) is 14.5 Å². The SMILES string of the molecule is Cc1ccc(-c2nc3c(CN)cccc3n2C)cn1. The quantitative estimate of drug-likeness (QED) is 0.762. The van der Waals surface area contributed by atoms with Gasteiger partial charge in [0.1, 0.15) is 5.82 Å². The van der Waals surface area contributed by atoms with Gasteiger partial charge in [-0.25, -0.2) is 4.98 Å². The van der Waals surface area contributed by atoms with Crippen LogP contribution < -0.4 is 5.73 Å². The Balaban J connectivity index is 2.25. The molecule has 4 nitrogen and oxygen atoms in total. The molecule has 0 aliphatic heterocycles. The Morgan fingerprint density at radius 1 is 1.21 bits per heavy atom. The van der Waals surface area contributed by atoms with Crippen molar-refractivity contribution < 1.29 is 0 Å². The van der Waals surface area contributed by atoms with Gasteiger partial charge in [0.2, 0.25) is 0 Å². The fourth-order valence-electron chi connectivity index (χ4n) is 2.30. The van der Waals surface area contributed by atoms with Gasteiger partial charge in [-0.1, -0.05) is 12.1 Å². The molecule has 1 aromatic carbocycles. The summed E-state index contributed by atoms with van der Waals surface area (Å²) in [5.74, 6) is 0.920. The van der Waals surface area contributed by atoms with Crippen LogP contribution in [0.3, 0.4) is 0 Å². The molecule has 3 rings (SSSR count). The zero-order chi connectivity index (χ0) is 13.4. The maximum absolute atomic E-state index is 5.77. The van der Waals surface area contributed by atoms with Crippen molar-refractivity contribution in [2.24, 2.45) is 12.8 Å². The van der Waals surface area contributed by atoms with Gasteiger partial charge >= 0.3 is 0 Å². The van der Waals surface area contributed by atoms with Gasteiger partial charge in [0.25, 0.3) is 0 Å². The highest BCUT2D eigenvalue weighted by Gasteiger charge is 2.12. The number of aryl methyl sites for hydroxylation is 2. The third kappa shape index (κ3) is 1.90. The van der Waals surface area contributed by atoms with Crippen LogP contribution in [0, 0.1) is 6.92 Å². The minimum atomic E-state index is 0.500. The predicted molar refractivity (Wildman–Crippen MR) is 76.6 cm³/mol. The lowest BCUT2D eigenvalue weighted by atomic mass is 10.2. The number of imidazole rings is 1. The molecule has 0 fully saturated rings. The molecule has 2 N–H and O–H groups in total. The number of aromatic nitrogens is 3. The van der Waals surface area contributed by atoms with E-state index in [0.29, 0.717) is 6.54 Å². The number of hydrogen-bond donors (Lipinski definition) is 1. The lowest BCUT2D eigenvalue weighted by molar-refractivity contribution is 0.956. The Labute approximate surface area is 111 Å². The highest BCUT2D eigenvalue weighted by molar-refractivity contribution is 5.83. The molecule has 0 saturated heterocycles. The first-order valence-corrected chi connectivity index (χ1v) is 6.28. The summed E-state index contributed by atoms with van der Waals surface area (Å²) in [6, 6.07) is 10.1. The first kappa shape index (κ1) is 11.9. The molecule has 0 aliphatic rings. The monoisotopic (exact) mass is 252 g/mol. The average molecular weight is 252 g/mol. The number of nitrogens with zero attached hydrogens (tertiary/aromatic N) is 3. The van der Waals surface area contributed by atoms with E-state index < -0.39 is 0 Å². The van der Waals surface area contributed by atoms with Gasteiger partial charge in [0, 0.05) is 31.0 Å².